The van der Waals surface area contributed by atoms with Crippen molar-refractivity contribution in [2.24, 2.45) is 0 Å². The van der Waals surface area contributed by atoms with Crippen LogP contribution in [0.25, 0.3) is 28.0 Å². The van der Waals surface area contributed by atoms with E-state index < -0.39 is 0 Å². The SMILES string of the molecule is Cc1cc2c(c(Br)c1-c1cccc3ccccc13)CC=C2. The molecule has 1 heteroatoms. The molecule has 3 aromatic carbocycles. The Bertz CT molecular complexity index is 882. The molecule has 0 fully saturated rings. The van der Waals surface area contributed by atoms with E-state index in [1.54, 1.807) is 0 Å². The summed E-state index contributed by atoms with van der Waals surface area (Å²) in [7, 11) is 0. The second-order valence-electron chi connectivity index (χ2n) is 5.58. The van der Waals surface area contributed by atoms with Gasteiger partial charge < -0.3 is 0 Å². The minimum atomic E-state index is 1.02. The lowest BCUT2D eigenvalue weighted by Gasteiger charge is -2.15. The van der Waals surface area contributed by atoms with Crippen molar-refractivity contribution >= 4 is 32.8 Å². The number of hydrogen-bond donors (Lipinski definition) is 0. The predicted molar refractivity (Wildman–Crippen MR) is 94.6 cm³/mol. The molecule has 0 radical (unpaired) electrons. The van der Waals surface area contributed by atoms with Gasteiger partial charge in [0.15, 0.2) is 0 Å². The van der Waals surface area contributed by atoms with E-state index in [9.17, 15) is 0 Å². The van der Waals surface area contributed by atoms with Crippen LogP contribution in [0.3, 0.4) is 0 Å². The minimum absolute atomic E-state index is 1.02. The maximum atomic E-state index is 3.87. The molecule has 0 bridgehead atoms. The Hall–Kier alpha value is -1.86. The summed E-state index contributed by atoms with van der Waals surface area (Å²) in [6.45, 7) is 2.20. The average molecular weight is 335 g/mol. The maximum absolute atomic E-state index is 3.87. The van der Waals surface area contributed by atoms with Gasteiger partial charge in [-0.05, 0) is 67.9 Å². The Morgan fingerprint density at radius 2 is 1.81 bits per heavy atom. The van der Waals surface area contributed by atoms with Gasteiger partial charge in [0.05, 0.1) is 0 Å². The number of rotatable bonds is 1. The molecule has 0 saturated carbocycles. The van der Waals surface area contributed by atoms with Gasteiger partial charge in [0, 0.05) is 4.47 Å². The van der Waals surface area contributed by atoms with Crippen LogP contribution in [0.15, 0.2) is 59.1 Å². The van der Waals surface area contributed by atoms with E-state index in [2.05, 4.69) is 83.5 Å². The van der Waals surface area contributed by atoms with Gasteiger partial charge >= 0.3 is 0 Å². The molecule has 102 valence electrons. The average Bonchev–Trinajstić information content (AvgIpc) is 2.96. The second kappa shape index (κ2) is 4.85. The third-order valence-electron chi connectivity index (χ3n) is 4.28. The first-order chi connectivity index (χ1) is 10.3. The van der Waals surface area contributed by atoms with Gasteiger partial charge in [0.2, 0.25) is 0 Å². The number of aryl methyl sites for hydroxylation is 1. The highest BCUT2D eigenvalue weighted by atomic mass is 79.9. The lowest BCUT2D eigenvalue weighted by molar-refractivity contribution is 1.27. The lowest BCUT2D eigenvalue weighted by atomic mass is 9.92. The summed E-state index contributed by atoms with van der Waals surface area (Å²) in [4.78, 5) is 0. The second-order valence-corrected chi connectivity index (χ2v) is 6.38. The quantitative estimate of drug-likeness (QED) is 0.500. The summed E-state index contributed by atoms with van der Waals surface area (Å²) in [5.74, 6) is 0. The molecular formula is C20H15Br. The third kappa shape index (κ3) is 1.96. The Balaban J connectivity index is 2.07. The maximum Gasteiger partial charge on any atom is 0.0297 e. The first-order valence-corrected chi connectivity index (χ1v) is 8.01. The van der Waals surface area contributed by atoms with Gasteiger partial charge in [-0.15, -0.1) is 0 Å². The Morgan fingerprint density at radius 1 is 1.00 bits per heavy atom. The van der Waals surface area contributed by atoms with Crippen molar-refractivity contribution in [3.8, 4) is 11.1 Å². The van der Waals surface area contributed by atoms with Crippen molar-refractivity contribution < 1.29 is 0 Å². The van der Waals surface area contributed by atoms with Crippen LogP contribution in [0.1, 0.15) is 16.7 Å². The molecule has 0 aliphatic heterocycles. The van der Waals surface area contributed by atoms with E-state index in [-0.39, 0.29) is 0 Å². The van der Waals surface area contributed by atoms with Crippen molar-refractivity contribution in [1.82, 2.24) is 0 Å². The molecule has 1 aliphatic rings. The first-order valence-electron chi connectivity index (χ1n) is 7.22. The van der Waals surface area contributed by atoms with Crippen LogP contribution < -0.4 is 0 Å². The van der Waals surface area contributed by atoms with Crippen molar-refractivity contribution in [2.45, 2.75) is 13.3 Å². The zero-order valence-electron chi connectivity index (χ0n) is 11.9. The Labute approximate surface area is 133 Å². The highest BCUT2D eigenvalue weighted by Crippen LogP contribution is 2.41. The van der Waals surface area contributed by atoms with E-state index in [4.69, 9.17) is 0 Å². The fraction of sp³-hybridized carbons (Fsp3) is 0.100. The van der Waals surface area contributed by atoms with E-state index >= 15 is 0 Å². The van der Waals surface area contributed by atoms with Crippen LogP contribution in [-0.2, 0) is 6.42 Å². The molecule has 0 amide bonds. The number of fused-ring (bicyclic) bond motifs is 2. The van der Waals surface area contributed by atoms with E-state index in [1.165, 1.54) is 43.1 Å². The molecule has 0 spiro atoms. The highest BCUT2D eigenvalue weighted by Gasteiger charge is 2.17. The normalized spacial score (nSPS) is 12.9. The van der Waals surface area contributed by atoms with Gasteiger partial charge in [0.1, 0.15) is 0 Å². The molecular weight excluding hydrogens is 320 g/mol. The molecule has 3 aromatic rings. The molecule has 0 nitrogen and oxygen atoms in total. The summed E-state index contributed by atoms with van der Waals surface area (Å²) in [6.07, 6.45) is 5.48. The van der Waals surface area contributed by atoms with E-state index in [0.717, 1.165) is 6.42 Å². The number of benzene rings is 3. The van der Waals surface area contributed by atoms with Gasteiger partial charge in [-0.3, -0.25) is 0 Å². The van der Waals surface area contributed by atoms with Crippen LogP contribution in [0.2, 0.25) is 0 Å². The van der Waals surface area contributed by atoms with Crippen LogP contribution in [0.4, 0.5) is 0 Å². The molecule has 0 heterocycles. The summed E-state index contributed by atoms with van der Waals surface area (Å²) >= 11 is 3.87. The van der Waals surface area contributed by atoms with Gasteiger partial charge in [-0.2, -0.15) is 0 Å². The zero-order valence-corrected chi connectivity index (χ0v) is 13.4. The minimum Gasteiger partial charge on any atom is -0.0795 e. The molecule has 0 N–H and O–H groups in total. The van der Waals surface area contributed by atoms with Crippen LogP contribution in [0.5, 0.6) is 0 Å². The van der Waals surface area contributed by atoms with E-state index in [0.29, 0.717) is 0 Å². The van der Waals surface area contributed by atoms with Crippen LogP contribution in [-0.4, -0.2) is 0 Å². The fourth-order valence-electron chi connectivity index (χ4n) is 3.28. The summed E-state index contributed by atoms with van der Waals surface area (Å²) < 4.78 is 1.25. The third-order valence-corrected chi connectivity index (χ3v) is 5.15. The molecule has 0 atom stereocenters. The molecule has 4 rings (SSSR count). The summed E-state index contributed by atoms with van der Waals surface area (Å²) in [6, 6.07) is 17.5. The van der Waals surface area contributed by atoms with Crippen molar-refractivity contribution in [2.75, 3.05) is 0 Å². The van der Waals surface area contributed by atoms with Gasteiger partial charge in [0.25, 0.3) is 0 Å². The Morgan fingerprint density at radius 3 is 2.71 bits per heavy atom. The largest absolute Gasteiger partial charge is 0.0795 e. The zero-order chi connectivity index (χ0) is 14.4. The molecule has 0 unspecified atom stereocenters. The number of hydrogen-bond acceptors (Lipinski definition) is 0. The summed E-state index contributed by atoms with van der Waals surface area (Å²) in [5, 5.41) is 2.61. The molecule has 1 aliphatic carbocycles. The monoisotopic (exact) mass is 334 g/mol. The fourth-order valence-corrected chi connectivity index (χ4v) is 4.19. The van der Waals surface area contributed by atoms with Crippen LogP contribution >= 0.6 is 15.9 Å². The topological polar surface area (TPSA) is 0 Å². The molecule has 0 saturated heterocycles. The first kappa shape index (κ1) is 12.8. The summed E-state index contributed by atoms with van der Waals surface area (Å²) in [5.41, 5.74) is 6.72. The van der Waals surface area contributed by atoms with Crippen molar-refractivity contribution in [1.29, 1.82) is 0 Å². The number of allylic oxidation sites excluding steroid dienone is 1. The van der Waals surface area contributed by atoms with Gasteiger partial charge in [-0.25, -0.2) is 0 Å². The van der Waals surface area contributed by atoms with Gasteiger partial charge in [-0.1, -0.05) is 60.7 Å². The molecule has 0 aromatic heterocycles. The standard InChI is InChI=1S/C20H15Br/c1-13-12-15-8-5-10-17(15)20(21)19(13)18-11-4-7-14-6-2-3-9-16(14)18/h2-9,11-12H,10H2,1H3. The van der Waals surface area contributed by atoms with E-state index in [1.807, 2.05) is 0 Å². The van der Waals surface area contributed by atoms with Crippen molar-refractivity contribution in [3.63, 3.8) is 0 Å². The number of halogens is 1. The smallest absolute Gasteiger partial charge is 0.0297 e. The highest BCUT2D eigenvalue weighted by molar-refractivity contribution is 9.10. The van der Waals surface area contributed by atoms with Crippen molar-refractivity contribution in [3.05, 3.63) is 75.8 Å². The Kier molecular flexibility index (Phi) is 2.97. The lowest BCUT2D eigenvalue weighted by Crippen LogP contribution is -1.93. The molecule has 21 heavy (non-hydrogen) atoms. The predicted octanol–water partition coefficient (Wildman–Crippen LogP) is 6.15. The van der Waals surface area contributed by atoms with Crippen LogP contribution in [0, 0.1) is 6.92 Å².